The first-order chi connectivity index (χ1) is 9.25. The van der Waals surface area contributed by atoms with E-state index in [2.05, 4.69) is 29.2 Å². The third kappa shape index (κ3) is 2.52. The number of aryl methyl sites for hydroxylation is 1. The number of aliphatic carboxylic acids is 1. The molecule has 1 aromatic rings. The van der Waals surface area contributed by atoms with E-state index in [-0.39, 0.29) is 6.04 Å². The Morgan fingerprint density at radius 1 is 1.26 bits per heavy atom. The SMILES string of the molecule is O=C(O)C1CCCN1CC1CCCc2ccccc21. The Hall–Kier alpha value is -1.35. The molecule has 2 unspecified atom stereocenters. The molecule has 1 heterocycles. The van der Waals surface area contributed by atoms with Gasteiger partial charge in [0.1, 0.15) is 6.04 Å². The molecule has 0 aromatic heterocycles. The van der Waals surface area contributed by atoms with Gasteiger partial charge in [0.25, 0.3) is 0 Å². The van der Waals surface area contributed by atoms with Crippen molar-refractivity contribution < 1.29 is 9.90 Å². The van der Waals surface area contributed by atoms with Crippen molar-refractivity contribution in [3.8, 4) is 0 Å². The lowest BCUT2D eigenvalue weighted by atomic mass is 9.82. The zero-order chi connectivity index (χ0) is 13.2. The Bertz CT molecular complexity index is 472. The lowest BCUT2D eigenvalue weighted by molar-refractivity contribution is -0.142. The fourth-order valence-electron chi connectivity index (χ4n) is 3.65. The predicted octanol–water partition coefficient (Wildman–Crippen LogP) is 2.66. The van der Waals surface area contributed by atoms with Crippen molar-refractivity contribution in [2.75, 3.05) is 13.1 Å². The van der Waals surface area contributed by atoms with Crippen LogP contribution in [-0.2, 0) is 11.2 Å². The first-order valence-corrected chi connectivity index (χ1v) is 7.30. The molecule has 1 N–H and O–H groups in total. The second-order valence-corrected chi connectivity index (χ2v) is 5.78. The molecule has 0 saturated carbocycles. The highest BCUT2D eigenvalue weighted by molar-refractivity contribution is 5.73. The Morgan fingerprint density at radius 3 is 2.95 bits per heavy atom. The number of rotatable bonds is 3. The number of fused-ring (bicyclic) bond motifs is 1. The van der Waals surface area contributed by atoms with Gasteiger partial charge in [0.2, 0.25) is 0 Å². The topological polar surface area (TPSA) is 40.5 Å². The third-order valence-electron chi connectivity index (χ3n) is 4.60. The monoisotopic (exact) mass is 259 g/mol. The van der Waals surface area contributed by atoms with Crippen LogP contribution in [0.3, 0.4) is 0 Å². The van der Waals surface area contributed by atoms with Crippen LogP contribution < -0.4 is 0 Å². The third-order valence-corrected chi connectivity index (χ3v) is 4.60. The van der Waals surface area contributed by atoms with E-state index in [1.165, 1.54) is 30.4 Å². The van der Waals surface area contributed by atoms with E-state index in [1.807, 2.05) is 0 Å². The second-order valence-electron chi connectivity index (χ2n) is 5.78. The molecule has 1 aromatic carbocycles. The Labute approximate surface area is 114 Å². The lowest BCUT2D eigenvalue weighted by Crippen LogP contribution is -2.39. The first-order valence-electron chi connectivity index (χ1n) is 7.30. The zero-order valence-electron chi connectivity index (χ0n) is 11.2. The highest BCUT2D eigenvalue weighted by atomic mass is 16.4. The first kappa shape index (κ1) is 12.7. The second kappa shape index (κ2) is 5.33. The van der Waals surface area contributed by atoms with Crippen LogP contribution in [0.1, 0.15) is 42.7 Å². The molecular weight excluding hydrogens is 238 g/mol. The largest absolute Gasteiger partial charge is 0.480 e. The molecule has 1 fully saturated rings. The van der Waals surface area contributed by atoms with Crippen molar-refractivity contribution in [1.82, 2.24) is 4.90 Å². The number of benzene rings is 1. The van der Waals surface area contributed by atoms with Gasteiger partial charge < -0.3 is 5.11 Å². The fraction of sp³-hybridized carbons (Fsp3) is 0.562. The molecule has 0 spiro atoms. The molecule has 1 saturated heterocycles. The van der Waals surface area contributed by atoms with E-state index in [1.54, 1.807) is 0 Å². The van der Waals surface area contributed by atoms with Gasteiger partial charge in [-0.3, -0.25) is 9.69 Å². The molecule has 3 rings (SSSR count). The molecule has 0 radical (unpaired) electrons. The van der Waals surface area contributed by atoms with E-state index in [9.17, 15) is 9.90 Å². The van der Waals surface area contributed by atoms with E-state index in [0.29, 0.717) is 5.92 Å². The molecule has 2 atom stereocenters. The highest BCUT2D eigenvalue weighted by Crippen LogP contribution is 2.33. The number of likely N-dealkylation sites (tertiary alicyclic amines) is 1. The standard InChI is InChI=1S/C16H21NO2/c18-16(19)15-9-4-10-17(15)11-13-7-3-6-12-5-1-2-8-14(12)13/h1-2,5,8,13,15H,3-4,6-7,9-11H2,(H,18,19). The van der Waals surface area contributed by atoms with Gasteiger partial charge in [-0.2, -0.15) is 0 Å². The summed E-state index contributed by atoms with van der Waals surface area (Å²) in [6, 6.07) is 8.41. The highest BCUT2D eigenvalue weighted by Gasteiger charge is 2.33. The minimum atomic E-state index is -0.651. The van der Waals surface area contributed by atoms with Crippen LogP contribution in [0.25, 0.3) is 0 Å². The Balaban J connectivity index is 1.76. The van der Waals surface area contributed by atoms with Crippen LogP contribution in [0.15, 0.2) is 24.3 Å². The summed E-state index contributed by atoms with van der Waals surface area (Å²) in [4.78, 5) is 13.4. The van der Waals surface area contributed by atoms with Crippen molar-refractivity contribution in [1.29, 1.82) is 0 Å². The predicted molar refractivity (Wildman–Crippen MR) is 74.4 cm³/mol. The molecule has 0 amide bonds. The summed E-state index contributed by atoms with van der Waals surface area (Å²) >= 11 is 0. The van der Waals surface area contributed by atoms with Crippen molar-refractivity contribution in [2.24, 2.45) is 0 Å². The summed E-state index contributed by atoms with van der Waals surface area (Å²) in [6.45, 7) is 1.85. The smallest absolute Gasteiger partial charge is 0.320 e. The number of nitrogens with zero attached hydrogens (tertiary/aromatic N) is 1. The average Bonchev–Trinajstić information content (AvgIpc) is 2.87. The van der Waals surface area contributed by atoms with Gasteiger partial charge >= 0.3 is 5.97 Å². The summed E-state index contributed by atoms with van der Waals surface area (Å²) in [5.74, 6) is -0.133. The van der Waals surface area contributed by atoms with Crippen LogP contribution >= 0.6 is 0 Å². The lowest BCUT2D eigenvalue weighted by Gasteiger charge is -2.31. The van der Waals surface area contributed by atoms with E-state index >= 15 is 0 Å². The van der Waals surface area contributed by atoms with Gasteiger partial charge in [0.15, 0.2) is 0 Å². The number of hydrogen-bond acceptors (Lipinski definition) is 2. The van der Waals surface area contributed by atoms with Crippen molar-refractivity contribution in [2.45, 2.75) is 44.1 Å². The number of carboxylic acids is 1. The van der Waals surface area contributed by atoms with Crippen LogP contribution in [0.5, 0.6) is 0 Å². The summed E-state index contributed by atoms with van der Waals surface area (Å²) in [7, 11) is 0. The van der Waals surface area contributed by atoms with Crippen molar-refractivity contribution in [3.63, 3.8) is 0 Å². The van der Waals surface area contributed by atoms with Crippen LogP contribution in [0, 0.1) is 0 Å². The Kier molecular flexibility index (Phi) is 3.56. The number of carboxylic acid groups (broad SMARTS) is 1. The number of hydrogen-bond donors (Lipinski definition) is 1. The van der Waals surface area contributed by atoms with Crippen LogP contribution in [0.2, 0.25) is 0 Å². The van der Waals surface area contributed by atoms with Crippen LogP contribution in [0.4, 0.5) is 0 Å². The van der Waals surface area contributed by atoms with Gasteiger partial charge in [0.05, 0.1) is 0 Å². The molecular formula is C16H21NO2. The van der Waals surface area contributed by atoms with Crippen molar-refractivity contribution >= 4 is 5.97 Å². The summed E-state index contributed by atoms with van der Waals surface area (Å²) in [5, 5.41) is 9.27. The fourth-order valence-corrected chi connectivity index (χ4v) is 3.65. The quantitative estimate of drug-likeness (QED) is 0.907. The van der Waals surface area contributed by atoms with Gasteiger partial charge in [-0.25, -0.2) is 0 Å². The van der Waals surface area contributed by atoms with E-state index in [0.717, 1.165) is 25.9 Å². The average molecular weight is 259 g/mol. The molecule has 1 aliphatic carbocycles. The molecule has 19 heavy (non-hydrogen) atoms. The van der Waals surface area contributed by atoms with Crippen molar-refractivity contribution in [3.05, 3.63) is 35.4 Å². The minimum absolute atomic E-state index is 0.255. The molecule has 3 nitrogen and oxygen atoms in total. The summed E-state index contributed by atoms with van der Waals surface area (Å²) < 4.78 is 0. The zero-order valence-corrected chi connectivity index (χ0v) is 11.2. The minimum Gasteiger partial charge on any atom is -0.480 e. The molecule has 102 valence electrons. The van der Waals surface area contributed by atoms with Gasteiger partial charge in [-0.05, 0) is 55.7 Å². The summed E-state index contributed by atoms with van der Waals surface area (Å²) in [6.07, 6.45) is 5.43. The number of carbonyl (C=O) groups is 1. The summed E-state index contributed by atoms with van der Waals surface area (Å²) in [5.41, 5.74) is 2.91. The van der Waals surface area contributed by atoms with Gasteiger partial charge in [-0.15, -0.1) is 0 Å². The van der Waals surface area contributed by atoms with Crippen LogP contribution in [-0.4, -0.2) is 35.1 Å². The van der Waals surface area contributed by atoms with Gasteiger partial charge in [-0.1, -0.05) is 24.3 Å². The molecule has 2 aliphatic rings. The molecule has 3 heteroatoms. The maximum absolute atomic E-state index is 11.3. The maximum Gasteiger partial charge on any atom is 0.320 e. The van der Waals surface area contributed by atoms with E-state index < -0.39 is 5.97 Å². The van der Waals surface area contributed by atoms with E-state index in [4.69, 9.17) is 0 Å². The van der Waals surface area contributed by atoms with Gasteiger partial charge in [0, 0.05) is 6.54 Å². The normalized spacial score (nSPS) is 27.2. The molecule has 1 aliphatic heterocycles. The Morgan fingerprint density at radius 2 is 2.11 bits per heavy atom. The molecule has 0 bridgehead atoms. The maximum atomic E-state index is 11.3.